The molecule has 0 aliphatic heterocycles. The Labute approximate surface area is 125 Å². The Morgan fingerprint density at radius 3 is 2.95 bits per heavy atom. The van der Waals surface area contributed by atoms with E-state index in [0.717, 1.165) is 19.6 Å². The van der Waals surface area contributed by atoms with Gasteiger partial charge in [0, 0.05) is 19.5 Å². The smallest absolute Gasteiger partial charge is 0.342 e. The Hall–Kier alpha value is -1.47. The Morgan fingerprint density at radius 1 is 1.57 bits per heavy atom. The lowest BCUT2D eigenvalue weighted by molar-refractivity contribution is -0.392. The number of nitro groups is 1. The van der Waals surface area contributed by atoms with Crippen LogP contribution in [0.1, 0.15) is 32.0 Å². The molecule has 7 nitrogen and oxygen atoms in total. The highest BCUT2D eigenvalue weighted by atomic mass is 16.6. The fraction of sp³-hybridized carbons (Fsp3) is 0.786. The highest BCUT2D eigenvalue weighted by molar-refractivity contribution is 5.18. The number of rotatable bonds is 7. The van der Waals surface area contributed by atoms with Gasteiger partial charge in [-0.3, -0.25) is 4.90 Å². The van der Waals surface area contributed by atoms with Crippen LogP contribution in [0, 0.1) is 23.0 Å². The standard InChI is InChI=1S/C14H25N5O2/c1-3-17(13-6-4-5-12(13)9-15)7-8-18-11(2)16-10-14(18)19(20)21/h10,12-13H,3-9,15H2,1-2H3. The van der Waals surface area contributed by atoms with Crippen LogP contribution in [0.15, 0.2) is 6.20 Å². The van der Waals surface area contributed by atoms with Gasteiger partial charge in [-0.25, -0.2) is 9.55 Å². The van der Waals surface area contributed by atoms with Gasteiger partial charge >= 0.3 is 5.82 Å². The maximum absolute atomic E-state index is 11.0. The minimum absolute atomic E-state index is 0.0744. The predicted molar refractivity (Wildman–Crippen MR) is 81.0 cm³/mol. The van der Waals surface area contributed by atoms with Crippen molar-refractivity contribution < 1.29 is 4.92 Å². The number of imidazole rings is 1. The van der Waals surface area contributed by atoms with Gasteiger partial charge in [-0.1, -0.05) is 13.3 Å². The fourth-order valence-corrected chi connectivity index (χ4v) is 3.44. The van der Waals surface area contributed by atoms with Gasteiger partial charge in [0.25, 0.3) is 0 Å². The zero-order valence-electron chi connectivity index (χ0n) is 12.9. The molecular weight excluding hydrogens is 270 g/mol. The number of nitrogens with zero attached hydrogens (tertiary/aromatic N) is 4. The van der Waals surface area contributed by atoms with Crippen molar-refractivity contribution in [2.75, 3.05) is 19.6 Å². The highest BCUT2D eigenvalue weighted by Crippen LogP contribution is 2.29. The third-order valence-corrected chi connectivity index (χ3v) is 4.63. The number of aryl methyl sites for hydroxylation is 1. The molecule has 1 saturated carbocycles. The van der Waals surface area contributed by atoms with E-state index in [2.05, 4.69) is 16.8 Å². The molecule has 1 aromatic heterocycles. The molecule has 1 aliphatic carbocycles. The molecular formula is C14H25N5O2. The van der Waals surface area contributed by atoms with Gasteiger partial charge in [0.2, 0.25) is 0 Å². The van der Waals surface area contributed by atoms with E-state index in [4.69, 9.17) is 5.73 Å². The number of hydrogen-bond acceptors (Lipinski definition) is 5. The Bertz CT molecular complexity index is 488. The summed E-state index contributed by atoms with van der Waals surface area (Å²) in [5.41, 5.74) is 5.86. The number of aromatic nitrogens is 2. The number of hydrogen-bond donors (Lipinski definition) is 1. The first kappa shape index (κ1) is 15.9. The molecule has 1 heterocycles. The van der Waals surface area contributed by atoms with Crippen LogP contribution < -0.4 is 5.73 Å². The lowest BCUT2D eigenvalue weighted by atomic mass is 10.0. The summed E-state index contributed by atoms with van der Waals surface area (Å²) in [6.07, 6.45) is 4.94. The first-order chi connectivity index (χ1) is 10.1. The molecule has 1 fully saturated rings. The third-order valence-electron chi connectivity index (χ3n) is 4.63. The lowest BCUT2D eigenvalue weighted by Crippen LogP contribution is -2.42. The van der Waals surface area contributed by atoms with Gasteiger partial charge in [-0.05, 0) is 36.8 Å². The Morgan fingerprint density at radius 2 is 2.33 bits per heavy atom. The van der Waals surface area contributed by atoms with E-state index in [9.17, 15) is 10.1 Å². The van der Waals surface area contributed by atoms with Crippen molar-refractivity contribution in [1.82, 2.24) is 14.5 Å². The maximum atomic E-state index is 11.0. The molecule has 0 spiro atoms. The summed E-state index contributed by atoms with van der Waals surface area (Å²) in [5, 5.41) is 11.0. The SMILES string of the molecule is CCN(CCn1c([N+](=O)[O-])cnc1C)C1CCCC1CN. The Kier molecular flexibility index (Phi) is 5.30. The highest BCUT2D eigenvalue weighted by Gasteiger charge is 2.31. The monoisotopic (exact) mass is 295 g/mol. The topological polar surface area (TPSA) is 90.2 Å². The first-order valence-electron chi connectivity index (χ1n) is 7.69. The van der Waals surface area contributed by atoms with Gasteiger partial charge in [0.1, 0.15) is 12.7 Å². The molecule has 7 heteroatoms. The maximum Gasteiger partial charge on any atom is 0.342 e. The van der Waals surface area contributed by atoms with E-state index < -0.39 is 0 Å². The molecule has 0 bridgehead atoms. The van der Waals surface area contributed by atoms with Gasteiger partial charge < -0.3 is 15.8 Å². The molecule has 1 aliphatic rings. The summed E-state index contributed by atoms with van der Waals surface area (Å²) in [7, 11) is 0. The molecule has 2 N–H and O–H groups in total. The Balaban J connectivity index is 2.03. The average Bonchev–Trinajstić information content (AvgIpc) is 3.07. The van der Waals surface area contributed by atoms with Crippen molar-refractivity contribution in [3.63, 3.8) is 0 Å². The third kappa shape index (κ3) is 3.41. The van der Waals surface area contributed by atoms with Crippen molar-refractivity contribution in [3.05, 3.63) is 22.1 Å². The zero-order chi connectivity index (χ0) is 15.4. The molecule has 21 heavy (non-hydrogen) atoms. The second kappa shape index (κ2) is 7.00. The molecule has 0 aromatic carbocycles. The van der Waals surface area contributed by atoms with Crippen LogP contribution in [0.5, 0.6) is 0 Å². The summed E-state index contributed by atoms with van der Waals surface area (Å²) >= 11 is 0. The van der Waals surface area contributed by atoms with Crippen molar-refractivity contribution in [1.29, 1.82) is 0 Å². The summed E-state index contributed by atoms with van der Waals surface area (Å²) in [4.78, 5) is 17.1. The van der Waals surface area contributed by atoms with Crippen LogP contribution in [0.2, 0.25) is 0 Å². The van der Waals surface area contributed by atoms with Crippen molar-refractivity contribution in [3.8, 4) is 0 Å². The normalized spacial score (nSPS) is 22.1. The number of likely N-dealkylation sites (N-methyl/N-ethyl adjacent to an activating group) is 1. The molecule has 0 saturated heterocycles. The zero-order valence-corrected chi connectivity index (χ0v) is 12.9. The summed E-state index contributed by atoms with van der Waals surface area (Å²) in [6.45, 7) is 7.02. The van der Waals surface area contributed by atoms with E-state index in [1.807, 2.05) is 6.92 Å². The van der Waals surface area contributed by atoms with Crippen LogP contribution in [-0.2, 0) is 6.54 Å². The average molecular weight is 295 g/mol. The van der Waals surface area contributed by atoms with Crippen LogP contribution in [0.4, 0.5) is 5.82 Å². The second-order valence-electron chi connectivity index (χ2n) is 5.69. The van der Waals surface area contributed by atoms with Gasteiger partial charge in [0.15, 0.2) is 5.82 Å². The van der Waals surface area contributed by atoms with E-state index >= 15 is 0 Å². The largest absolute Gasteiger partial charge is 0.358 e. The first-order valence-corrected chi connectivity index (χ1v) is 7.69. The van der Waals surface area contributed by atoms with E-state index in [1.54, 1.807) is 4.57 Å². The van der Waals surface area contributed by atoms with E-state index in [1.165, 1.54) is 25.5 Å². The van der Waals surface area contributed by atoms with E-state index in [0.29, 0.717) is 24.3 Å². The van der Waals surface area contributed by atoms with Crippen molar-refractivity contribution in [2.24, 2.45) is 11.7 Å². The molecule has 1 aromatic rings. The summed E-state index contributed by atoms with van der Waals surface area (Å²) < 4.78 is 1.69. The minimum Gasteiger partial charge on any atom is -0.358 e. The van der Waals surface area contributed by atoms with Gasteiger partial charge in [0.05, 0.1) is 0 Å². The van der Waals surface area contributed by atoms with Crippen molar-refractivity contribution >= 4 is 5.82 Å². The molecule has 0 radical (unpaired) electrons. The molecule has 2 atom stereocenters. The fourth-order valence-electron chi connectivity index (χ4n) is 3.44. The predicted octanol–water partition coefficient (Wildman–Crippen LogP) is 1.55. The van der Waals surface area contributed by atoms with Crippen LogP contribution in [0.25, 0.3) is 0 Å². The molecule has 118 valence electrons. The van der Waals surface area contributed by atoms with Crippen LogP contribution >= 0.6 is 0 Å². The minimum atomic E-state index is -0.367. The molecule has 2 unspecified atom stereocenters. The molecule has 0 amide bonds. The van der Waals surface area contributed by atoms with Crippen LogP contribution in [0.3, 0.4) is 0 Å². The lowest BCUT2D eigenvalue weighted by Gasteiger charge is -2.31. The summed E-state index contributed by atoms with van der Waals surface area (Å²) in [5.74, 6) is 1.33. The van der Waals surface area contributed by atoms with Gasteiger partial charge in [-0.15, -0.1) is 0 Å². The van der Waals surface area contributed by atoms with Gasteiger partial charge in [-0.2, -0.15) is 0 Å². The number of nitrogens with two attached hydrogens (primary N) is 1. The van der Waals surface area contributed by atoms with Crippen LogP contribution in [-0.4, -0.2) is 45.1 Å². The molecule has 2 rings (SSSR count). The second-order valence-corrected chi connectivity index (χ2v) is 5.69. The summed E-state index contributed by atoms with van der Waals surface area (Å²) in [6, 6.07) is 0.517. The van der Waals surface area contributed by atoms with E-state index in [-0.39, 0.29) is 10.7 Å². The quantitative estimate of drug-likeness (QED) is 0.609. The van der Waals surface area contributed by atoms with Crippen molar-refractivity contribution in [2.45, 2.75) is 45.7 Å².